The Balaban J connectivity index is 1.71. The van der Waals surface area contributed by atoms with Crippen LogP contribution in [0.4, 0.5) is 0 Å². The van der Waals surface area contributed by atoms with Gasteiger partial charge in [-0.15, -0.1) is 0 Å². The van der Waals surface area contributed by atoms with E-state index in [2.05, 4.69) is 32.3 Å². The van der Waals surface area contributed by atoms with E-state index in [1.807, 2.05) is 12.1 Å². The smallest absolute Gasteiger partial charge is 0.203 e. The first kappa shape index (κ1) is 24.1. The van der Waals surface area contributed by atoms with Crippen LogP contribution in [0.3, 0.4) is 0 Å². The number of piperazine rings is 1. The molecule has 1 aliphatic rings. The van der Waals surface area contributed by atoms with Crippen molar-refractivity contribution in [2.24, 2.45) is 4.99 Å². The van der Waals surface area contributed by atoms with E-state index in [1.54, 1.807) is 28.4 Å². The number of ether oxygens (including phenoxy) is 3. The van der Waals surface area contributed by atoms with Gasteiger partial charge in [0.25, 0.3) is 0 Å². The predicted octanol–water partition coefficient (Wildman–Crippen LogP) is 1.80. The van der Waals surface area contributed by atoms with Crippen LogP contribution in [0.5, 0.6) is 17.2 Å². The van der Waals surface area contributed by atoms with E-state index < -0.39 is 0 Å². The van der Waals surface area contributed by atoms with Gasteiger partial charge in [-0.25, -0.2) is 0 Å². The van der Waals surface area contributed by atoms with Crippen LogP contribution in [-0.2, 0) is 6.54 Å². The first-order valence-electron chi connectivity index (χ1n) is 10.8. The average Bonchev–Trinajstić information content (AvgIpc) is 2.80. The van der Waals surface area contributed by atoms with Gasteiger partial charge in [0.2, 0.25) is 5.75 Å². The monoisotopic (exact) mass is 421 g/mol. The first-order valence-corrected chi connectivity index (χ1v) is 10.8. The van der Waals surface area contributed by atoms with Crippen LogP contribution in [-0.4, -0.2) is 89.9 Å². The van der Waals surface area contributed by atoms with Gasteiger partial charge in [-0.1, -0.05) is 6.92 Å². The third-order valence-corrected chi connectivity index (χ3v) is 5.51. The van der Waals surface area contributed by atoms with E-state index in [0.29, 0.717) is 23.8 Å². The highest BCUT2D eigenvalue weighted by Crippen LogP contribution is 2.38. The van der Waals surface area contributed by atoms with Crippen molar-refractivity contribution in [3.63, 3.8) is 0 Å². The Bertz CT molecular complexity index is 635. The zero-order valence-corrected chi connectivity index (χ0v) is 19.3. The fourth-order valence-electron chi connectivity index (χ4n) is 3.64. The van der Waals surface area contributed by atoms with Crippen molar-refractivity contribution < 1.29 is 14.2 Å². The molecule has 0 aliphatic carbocycles. The Labute approximate surface area is 181 Å². The molecule has 2 N–H and O–H groups in total. The quantitative estimate of drug-likeness (QED) is 0.321. The summed E-state index contributed by atoms with van der Waals surface area (Å²) in [6.07, 6.45) is 2.32. The van der Waals surface area contributed by atoms with Crippen molar-refractivity contribution in [1.29, 1.82) is 0 Å². The fraction of sp³-hybridized carbons (Fsp3) is 0.682. The van der Waals surface area contributed by atoms with E-state index in [9.17, 15) is 0 Å². The SMILES string of the molecule is CCN1CCN(CCCCNC(=NC)NCc2cc(OC)c(OC)c(OC)c2)CC1. The summed E-state index contributed by atoms with van der Waals surface area (Å²) in [7, 11) is 6.64. The van der Waals surface area contributed by atoms with Crippen LogP contribution >= 0.6 is 0 Å². The zero-order valence-electron chi connectivity index (χ0n) is 19.3. The summed E-state index contributed by atoms with van der Waals surface area (Å²) in [5.74, 6) is 2.69. The van der Waals surface area contributed by atoms with Gasteiger partial charge >= 0.3 is 0 Å². The molecule has 0 amide bonds. The van der Waals surface area contributed by atoms with E-state index in [0.717, 1.165) is 24.5 Å². The van der Waals surface area contributed by atoms with Crippen molar-refractivity contribution in [2.75, 3.05) is 74.2 Å². The first-order chi connectivity index (χ1) is 14.6. The van der Waals surface area contributed by atoms with Gasteiger partial charge < -0.3 is 34.6 Å². The van der Waals surface area contributed by atoms with Crippen molar-refractivity contribution in [2.45, 2.75) is 26.3 Å². The molecule has 1 saturated heterocycles. The maximum absolute atomic E-state index is 5.42. The van der Waals surface area contributed by atoms with Crippen LogP contribution in [0.15, 0.2) is 17.1 Å². The third kappa shape index (κ3) is 7.25. The minimum atomic E-state index is 0.599. The number of nitrogens with one attached hydrogen (secondary N) is 2. The number of benzene rings is 1. The van der Waals surface area contributed by atoms with Crippen molar-refractivity contribution >= 4 is 5.96 Å². The molecule has 0 unspecified atom stereocenters. The lowest BCUT2D eigenvalue weighted by atomic mass is 10.2. The fourth-order valence-corrected chi connectivity index (χ4v) is 3.64. The number of hydrogen-bond donors (Lipinski definition) is 2. The Morgan fingerprint density at radius 1 is 0.933 bits per heavy atom. The summed E-state index contributed by atoms with van der Waals surface area (Å²) in [6.45, 7) is 10.9. The van der Waals surface area contributed by atoms with Crippen molar-refractivity contribution in [1.82, 2.24) is 20.4 Å². The van der Waals surface area contributed by atoms with E-state index in [-0.39, 0.29) is 0 Å². The number of methoxy groups -OCH3 is 3. The van der Waals surface area contributed by atoms with E-state index in [1.165, 1.54) is 45.7 Å². The number of hydrogen-bond acceptors (Lipinski definition) is 6. The molecule has 170 valence electrons. The summed E-state index contributed by atoms with van der Waals surface area (Å²) in [5.41, 5.74) is 1.03. The number of rotatable bonds is 11. The highest BCUT2D eigenvalue weighted by molar-refractivity contribution is 5.79. The molecule has 1 fully saturated rings. The highest BCUT2D eigenvalue weighted by Gasteiger charge is 2.15. The van der Waals surface area contributed by atoms with Gasteiger partial charge in [-0.2, -0.15) is 0 Å². The van der Waals surface area contributed by atoms with Crippen LogP contribution in [0.2, 0.25) is 0 Å². The van der Waals surface area contributed by atoms with Gasteiger partial charge in [0.05, 0.1) is 21.3 Å². The second-order valence-corrected chi connectivity index (χ2v) is 7.37. The lowest BCUT2D eigenvalue weighted by molar-refractivity contribution is 0.136. The van der Waals surface area contributed by atoms with E-state index in [4.69, 9.17) is 14.2 Å². The lowest BCUT2D eigenvalue weighted by Crippen LogP contribution is -2.46. The second kappa shape index (κ2) is 13.2. The molecule has 0 spiro atoms. The molecule has 0 atom stereocenters. The lowest BCUT2D eigenvalue weighted by Gasteiger charge is -2.34. The van der Waals surface area contributed by atoms with E-state index >= 15 is 0 Å². The predicted molar refractivity (Wildman–Crippen MR) is 122 cm³/mol. The molecule has 0 radical (unpaired) electrons. The molecule has 8 nitrogen and oxygen atoms in total. The van der Waals surface area contributed by atoms with Crippen LogP contribution in [0.1, 0.15) is 25.3 Å². The number of nitrogens with zero attached hydrogens (tertiary/aromatic N) is 3. The van der Waals surface area contributed by atoms with Crippen molar-refractivity contribution in [3.8, 4) is 17.2 Å². The van der Waals surface area contributed by atoms with Gasteiger partial charge in [0.15, 0.2) is 17.5 Å². The standard InChI is InChI=1S/C22H39N5O3/c1-6-26-11-13-27(14-12-26)10-8-7-9-24-22(23-2)25-17-18-15-19(28-3)21(30-5)20(16-18)29-4/h15-16H,6-14,17H2,1-5H3,(H2,23,24,25). The topological polar surface area (TPSA) is 70.6 Å². The zero-order chi connectivity index (χ0) is 21.8. The summed E-state index contributed by atoms with van der Waals surface area (Å²) in [4.78, 5) is 9.41. The molecule has 1 aromatic rings. The summed E-state index contributed by atoms with van der Waals surface area (Å²) in [5, 5.41) is 6.75. The number of likely N-dealkylation sites (N-methyl/N-ethyl adjacent to an activating group) is 1. The Morgan fingerprint density at radius 3 is 2.10 bits per heavy atom. The number of guanidine groups is 1. The maximum atomic E-state index is 5.42. The van der Waals surface area contributed by atoms with Crippen LogP contribution in [0, 0.1) is 0 Å². The average molecular weight is 422 g/mol. The Morgan fingerprint density at radius 2 is 1.57 bits per heavy atom. The van der Waals surface area contributed by atoms with Gasteiger partial charge in [-0.05, 0) is 43.6 Å². The van der Waals surface area contributed by atoms with Gasteiger partial charge in [0.1, 0.15) is 0 Å². The molecule has 2 rings (SSSR count). The molecular weight excluding hydrogens is 382 g/mol. The summed E-state index contributed by atoms with van der Waals surface area (Å²) < 4.78 is 16.2. The molecule has 30 heavy (non-hydrogen) atoms. The molecule has 1 aromatic carbocycles. The van der Waals surface area contributed by atoms with Crippen molar-refractivity contribution in [3.05, 3.63) is 17.7 Å². The van der Waals surface area contributed by atoms with Gasteiger partial charge in [-0.3, -0.25) is 4.99 Å². The van der Waals surface area contributed by atoms with Crippen LogP contribution in [0.25, 0.3) is 0 Å². The second-order valence-electron chi connectivity index (χ2n) is 7.37. The molecule has 8 heteroatoms. The minimum Gasteiger partial charge on any atom is -0.493 e. The molecule has 1 aliphatic heterocycles. The highest BCUT2D eigenvalue weighted by atomic mass is 16.5. The summed E-state index contributed by atoms with van der Waals surface area (Å²) in [6, 6.07) is 3.89. The largest absolute Gasteiger partial charge is 0.493 e. The number of aliphatic imine (C=N–C) groups is 1. The Hall–Kier alpha value is -2.19. The molecular formula is C22H39N5O3. The van der Waals surface area contributed by atoms with Crippen LogP contribution < -0.4 is 24.8 Å². The number of unbranched alkanes of at least 4 members (excludes halogenated alkanes) is 1. The minimum absolute atomic E-state index is 0.599. The molecule has 0 bridgehead atoms. The normalized spacial score (nSPS) is 15.7. The molecule has 1 heterocycles. The molecule has 0 aromatic heterocycles. The third-order valence-electron chi connectivity index (χ3n) is 5.51. The van der Waals surface area contributed by atoms with Gasteiger partial charge in [0, 0.05) is 46.3 Å². The maximum Gasteiger partial charge on any atom is 0.203 e. The molecule has 0 saturated carbocycles. The summed E-state index contributed by atoms with van der Waals surface area (Å²) >= 11 is 0. The Kier molecular flexibility index (Phi) is 10.6.